The van der Waals surface area contributed by atoms with Crippen molar-refractivity contribution in [3.8, 4) is 6.07 Å². The maximum Gasteiger partial charge on any atom is 0.341 e. The lowest BCUT2D eigenvalue weighted by atomic mass is 10.1. The van der Waals surface area contributed by atoms with Gasteiger partial charge in [0.05, 0.1) is 24.4 Å². The molecule has 1 aliphatic carbocycles. The number of hydrogen-bond acceptors (Lipinski definition) is 14. The van der Waals surface area contributed by atoms with Crippen molar-refractivity contribution in [1.29, 1.82) is 5.26 Å². The second kappa shape index (κ2) is 14.5. The number of carboxylic acids is 1. The fourth-order valence-corrected chi connectivity index (χ4v) is 6.29. The SMILES string of the molecule is CCCc1nn(C2CC2)c2c(=O)n(C3OC(COC(C(=O)O)P(NC(C)C)OCC#N)C(OC(C)=O)C3OC(C)=O)nnc12. The zero-order valence-corrected chi connectivity index (χ0v) is 25.9. The zero-order chi connectivity index (χ0) is 32.1. The van der Waals surface area contributed by atoms with Crippen LogP contribution in [-0.2, 0) is 44.3 Å². The first kappa shape index (κ1) is 33.3. The summed E-state index contributed by atoms with van der Waals surface area (Å²) >= 11 is 0. The molecule has 2 N–H and O–H groups in total. The Balaban J connectivity index is 1.70. The number of carbonyl (C=O) groups is 3. The predicted molar refractivity (Wildman–Crippen MR) is 151 cm³/mol. The van der Waals surface area contributed by atoms with E-state index in [1.165, 1.54) is 0 Å². The first-order valence-corrected chi connectivity index (χ1v) is 15.6. The smallest absolute Gasteiger partial charge is 0.341 e. The number of carbonyl (C=O) groups excluding carboxylic acids is 2. The molecule has 0 bridgehead atoms. The third-order valence-corrected chi connectivity index (χ3v) is 8.59. The fourth-order valence-electron chi connectivity index (χ4n) is 4.82. The Morgan fingerprint density at radius 1 is 1.18 bits per heavy atom. The van der Waals surface area contributed by atoms with E-state index in [2.05, 4.69) is 20.5 Å². The predicted octanol–water partition coefficient (Wildman–Crippen LogP) is 1.31. The van der Waals surface area contributed by atoms with Gasteiger partial charge in [-0.2, -0.15) is 15.0 Å². The molecule has 17 nitrogen and oxygen atoms in total. The maximum absolute atomic E-state index is 13.9. The van der Waals surface area contributed by atoms with E-state index < -0.39 is 68.8 Å². The van der Waals surface area contributed by atoms with E-state index in [0.29, 0.717) is 17.6 Å². The lowest BCUT2D eigenvalue weighted by molar-refractivity contribution is -0.166. The summed E-state index contributed by atoms with van der Waals surface area (Å²) in [5, 5.41) is 34.8. The molecule has 240 valence electrons. The van der Waals surface area contributed by atoms with E-state index in [4.69, 9.17) is 28.7 Å². The van der Waals surface area contributed by atoms with Gasteiger partial charge < -0.3 is 28.6 Å². The molecule has 6 unspecified atom stereocenters. The summed E-state index contributed by atoms with van der Waals surface area (Å²) in [7, 11) is -2.00. The van der Waals surface area contributed by atoms with Gasteiger partial charge in [-0.05, 0) is 33.1 Å². The van der Waals surface area contributed by atoms with Gasteiger partial charge in [0, 0.05) is 19.9 Å². The number of ether oxygens (including phenoxy) is 4. The first-order valence-electron chi connectivity index (χ1n) is 14.2. The van der Waals surface area contributed by atoms with Crippen LogP contribution in [-0.4, -0.2) is 91.2 Å². The molecule has 0 amide bonds. The minimum absolute atomic E-state index is 0.0442. The Bertz CT molecular complexity index is 1470. The number of fused-ring (bicyclic) bond motifs is 1. The third kappa shape index (κ3) is 7.56. The van der Waals surface area contributed by atoms with Crippen LogP contribution in [0.25, 0.3) is 11.0 Å². The summed E-state index contributed by atoms with van der Waals surface area (Å²) in [6.07, 6.45) is -2.22. The van der Waals surface area contributed by atoms with Gasteiger partial charge >= 0.3 is 17.9 Å². The quantitative estimate of drug-likeness (QED) is 0.208. The molecule has 18 heteroatoms. The van der Waals surface area contributed by atoms with E-state index in [0.717, 1.165) is 37.8 Å². The summed E-state index contributed by atoms with van der Waals surface area (Å²) in [6, 6.07) is 1.64. The van der Waals surface area contributed by atoms with Gasteiger partial charge in [0.25, 0.3) is 5.56 Å². The molecule has 0 radical (unpaired) electrons. The number of aromatic nitrogens is 5. The molecule has 3 heterocycles. The lowest BCUT2D eigenvalue weighted by Gasteiger charge is -2.27. The van der Waals surface area contributed by atoms with E-state index in [9.17, 15) is 24.3 Å². The number of hydrogen-bond donors (Lipinski definition) is 2. The number of nitrogens with zero attached hydrogens (tertiary/aromatic N) is 6. The molecule has 4 rings (SSSR count). The van der Waals surface area contributed by atoms with E-state index in [1.807, 2.05) is 6.92 Å². The molecule has 0 spiro atoms. The number of aliphatic carboxylic acids is 1. The highest BCUT2D eigenvalue weighted by Gasteiger charge is 2.52. The Morgan fingerprint density at radius 2 is 1.86 bits per heavy atom. The van der Waals surface area contributed by atoms with Crippen molar-refractivity contribution in [3.05, 3.63) is 16.0 Å². The van der Waals surface area contributed by atoms with Crippen LogP contribution in [0.2, 0.25) is 0 Å². The van der Waals surface area contributed by atoms with Crippen LogP contribution in [0.3, 0.4) is 0 Å². The highest BCUT2D eigenvalue weighted by molar-refractivity contribution is 7.52. The molecule has 2 aromatic rings. The molecule has 0 aromatic carbocycles. The lowest BCUT2D eigenvalue weighted by Crippen LogP contribution is -2.43. The number of aryl methyl sites for hydroxylation is 1. The standard InChI is InChI=1S/C26H36N7O10P/c1-6-7-17-19-20(32(29-17)16-8-9-16)23(36)33(31-28-19)24-22(42-15(5)35)21(41-14(4)34)18(43-24)12-39-26(25(37)38)44(30-13(2)3)40-11-10-27/h13,16,18,21-22,24,26,30H,6-9,11-12H2,1-5H3,(H,37,38). The van der Waals surface area contributed by atoms with Gasteiger partial charge in [-0.15, -0.1) is 5.10 Å². The van der Waals surface area contributed by atoms with Crippen LogP contribution in [0, 0.1) is 11.3 Å². The molecule has 6 atom stereocenters. The minimum Gasteiger partial charge on any atom is -0.479 e. The van der Waals surface area contributed by atoms with Crippen molar-refractivity contribution >= 4 is 37.2 Å². The first-order chi connectivity index (χ1) is 21.0. The second-order valence-electron chi connectivity index (χ2n) is 10.7. The fraction of sp³-hybridized carbons (Fsp3) is 0.692. The van der Waals surface area contributed by atoms with Crippen LogP contribution < -0.4 is 10.6 Å². The van der Waals surface area contributed by atoms with Crippen molar-refractivity contribution in [3.63, 3.8) is 0 Å². The molecular weight excluding hydrogens is 601 g/mol. The number of nitrogens with one attached hydrogen (secondary N) is 1. The second-order valence-corrected chi connectivity index (χ2v) is 12.3. The third-order valence-electron chi connectivity index (χ3n) is 6.61. The van der Waals surface area contributed by atoms with Crippen molar-refractivity contribution in [2.24, 2.45) is 0 Å². The van der Waals surface area contributed by atoms with E-state index >= 15 is 0 Å². The number of esters is 2. The van der Waals surface area contributed by atoms with Crippen LogP contribution >= 0.6 is 8.30 Å². The zero-order valence-electron chi connectivity index (χ0n) is 25.0. The van der Waals surface area contributed by atoms with E-state index in [-0.39, 0.29) is 24.2 Å². The Morgan fingerprint density at radius 3 is 2.43 bits per heavy atom. The summed E-state index contributed by atoms with van der Waals surface area (Å²) in [4.78, 5) is 50.4. The number of rotatable bonds is 15. The van der Waals surface area contributed by atoms with Gasteiger partial charge in [-0.3, -0.25) is 24.2 Å². The van der Waals surface area contributed by atoms with Crippen molar-refractivity contribution in [2.75, 3.05) is 13.2 Å². The highest BCUT2D eigenvalue weighted by Crippen LogP contribution is 2.41. The Labute approximate surface area is 253 Å². The number of carboxylic acid groups (broad SMARTS) is 1. The van der Waals surface area contributed by atoms with Crippen molar-refractivity contribution in [1.82, 2.24) is 29.9 Å². The Kier molecular flexibility index (Phi) is 11.0. The van der Waals surface area contributed by atoms with Gasteiger partial charge in [0.2, 0.25) is 5.85 Å². The Hall–Kier alpha value is -3.55. The molecule has 2 aliphatic rings. The molecule has 1 saturated heterocycles. The molecule has 2 fully saturated rings. The van der Waals surface area contributed by atoms with Crippen LogP contribution in [0.4, 0.5) is 0 Å². The normalized spacial score (nSPS) is 22.9. The average molecular weight is 638 g/mol. The minimum atomic E-state index is -2.00. The summed E-state index contributed by atoms with van der Waals surface area (Å²) in [5.41, 5.74) is 0.640. The van der Waals surface area contributed by atoms with Gasteiger partial charge in [0.15, 0.2) is 24.0 Å². The molecule has 44 heavy (non-hydrogen) atoms. The summed E-state index contributed by atoms with van der Waals surface area (Å²) < 4.78 is 30.8. The van der Waals surface area contributed by atoms with Gasteiger partial charge in [-0.25, -0.2) is 4.79 Å². The molecule has 2 aromatic heterocycles. The summed E-state index contributed by atoms with van der Waals surface area (Å²) in [6.45, 7) is 6.93. The van der Waals surface area contributed by atoms with Gasteiger partial charge in [0.1, 0.15) is 26.5 Å². The molecule has 1 saturated carbocycles. The van der Waals surface area contributed by atoms with Crippen LogP contribution in [0.5, 0.6) is 0 Å². The van der Waals surface area contributed by atoms with E-state index in [1.54, 1.807) is 24.6 Å². The topological polar surface area (TPSA) is 219 Å². The number of nitriles is 1. The van der Waals surface area contributed by atoms with Crippen LogP contribution in [0.15, 0.2) is 4.79 Å². The van der Waals surface area contributed by atoms with Gasteiger partial charge in [-0.1, -0.05) is 18.6 Å². The largest absolute Gasteiger partial charge is 0.479 e. The van der Waals surface area contributed by atoms with Crippen LogP contribution in [0.1, 0.15) is 71.8 Å². The molecule has 1 aliphatic heterocycles. The van der Waals surface area contributed by atoms with Crippen molar-refractivity contribution in [2.45, 2.75) is 103 Å². The highest BCUT2D eigenvalue weighted by atomic mass is 31.2. The maximum atomic E-state index is 13.9. The average Bonchev–Trinajstić information content (AvgIpc) is 3.65. The molecular formula is C26H36N7O10P. The monoisotopic (exact) mass is 637 g/mol. The summed E-state index contributed by atoms with van der Waals surface area (Å²) in [5.74, 6) is -4.43. The van der Waals surface area contributed by atoms with Crippen molar-refractivity contribution < 1.29 is 43.0 Å².